The molecule has 0 saturated carbocycles. The summed E-state index contributed by atoms with van der Waals surface area (Å²) in [6.45, 7) is 3.75. The molecule has 0 unspecified atom stereocenters. The van der Waals surface area contributed by atoms with E-state index in [1.807, 2.05) is 22.8 Å². The van der Waals surface area contributed by atoms with Crippen LogP contribution in [0.15, 0.2) is 39.9 Å². The van der Waals surface area contributed by atoms with Crippen molar-refractivity contribution in [3.8, 4) is 0 Å². The van der Waals surface area contributed by atoms with Gasteiger partial charge in [-0.1, -0.05) is 30.3 Å². The molecule has 0 spiro atoms. The minimum atomic E-state index is -0.331. The Bertz CT molecular complexity index is 1090. The molecule has 148 valence electrons. The highest BCUT2D eigenvalue weighted by atomic mass is 16.2. The third kappa shape index (κ3) is 3.42. The van der Waals surface area contributed by atoms with Gasteiger partial charge in [0.2, 0.25) is 0 Å². The van der Waals surface area contributed by atoms with Crippen LogP contribution in [0.4, 0.5) is 0 Å². The van der Waals surface area contributed by atoms with E-state index in [-0.39, 0.29) is 11.2 Å². The average Bonchev–Trinajstić information content (AvgIpc) is 3.09. The maximum absolute atomic E-state index is 12.9. The Hall–Kier alpha value is -2.67. The molecule has 7 heteroatoms. The molecule has 3 aromatic rings. The lowest BCUT2D eigenvalue weighted by Gasteiger charge is -2.23. The summed E-state index contributed by atoms with van der Waals surface area (Å²) >= 11 is 0. The molecule has 2 aromatic heterocycles. The van der Waals surface area contributed by atoms with Crippen LogP contribution in [0.2, 0.25) is 0 Å². The number of nitrogens with one attached hydrogen (secondary N) is 1. The van der Waals surface area contributed by atoms with Crippen LogP contribution in [-0.2, 0) is 33.6 Å². The Labute approximate surface area is 163 Å². The second kappa shape index (κ2) is 7.75. The summed E-state index contributed by atoms with van der Waals surface area (Å²) in [4.78, 5) is 31.6. The normalized spacial score (nSPS) is 15.4. The van der Waals surface area contributed by atoms with Crippen LogP contribution in [-0.4, -0.2) is 31.8 Å². The van der Waals surface area contributed by atoms with Gasteiger partial charge in [0.1, 0.15) is 6.54 Å². The van der Waals surface area contributed by atoms with Gasteiger partial charge in [-0.05, 0) is 31.2 Å². The number of benzene rings is 1. The molecule has 1 aliphatic rings. The van der Waals surface area contributed by atoms with Crippen LogP contribution in [0.25, 0.3) is 11.2 Å². The lowest BCUT2D eigenvalue weighted by atomic mass is 10.1. The fraction of sp³-hybridized carbons (Fsp3) is 0.476. The first kappa shape index (κ1) is 18.7. The van der Waals surface area contributed by atoms with Crippen molar-refractivity contribution in [2.45, 2.75) is 38.8 Å². The number of likely N-dealkylation sites (tertiary alicyclic amines) is 1. The molecular weight excluding hydrogens is 354 g/mol. The monoisotopic (exact) mass is 382 g/mol. The van der Waals surface area contributed by atoms with E-state index in [4.69, 9.17) is 4.98 Å². The molecule has 7 nitrogen and oxygen atoms in total. The second-order valence-corrected chi connectivity index (χ2v) is 7.78. The van der Waals surface area contributed by atoms with Crippen molar-refractivity contribution < 1.29 is 4.90 Å². The minimum absolute atomic E-state index is 0.265. The molecule has 1 saturated heterocycles. The van der Waals surface area contributed by atoms with E-state index in [2.05, 4.69) is 12.1 Å². The summed E-state index contributed by atoms with van der Waals surface area (Å²) in [6, 6.07) is 10.3. The first-order valence-corrected chi connectivity index (χ1v) is 10.1. The van der Waals surface area contributed by atoms with Gasteiger partial charge in [-0.15, -0.1) is 0 Å². The average molecular weight is 382 g/mol. The van der Waals surface area contributed by atoms with E-state index in [1.165, 1.54) is 45.9 Å². The standard InChI is InChI=1S/C21H27N5O2/c1-23-19-18(20(27)24(2)21(23)28)26(14-11-16-9-5-3-6-10-16)17(22-19)15-25-12-7-4-8-13-25/h3,5-6,9-10H,4,7-8,11-15H2,1-2H3/p+1. The topological polar surface area (TPSA) is 66.3 Å². The summed E-state index contributed by atoms with van der Waals surface area (Å²) in [7, 11) is 3.23. The van der Waals surface area contributed by atoms with Crippen LogP contribution in [0.3, 0.4) is 0 Å². The number of piperidine rings is 1. The molecule has 0 atom stereocenters. The van der Waals surface area contributed by atoms with Crippen molar-refractivity contribution in [1.29, 1.82) is 0 Å². The lowest BCUT2D eigenvalue weighted by Crippen LogP contribution is -3.11. The van der Waals surface area contributed by atoms with E-state index < -0.39 is 0 Å². The Kier molecular flexibility index (Phi) is 5.17. The van der Waals surface area contributed by atoms with Crippen LogP contribution in [0.1, 0.15) is 30.7 Å². The summed E-state index contributed by atoms with van der Waals surface area (Å²) < 4.78 is 4.72. The maximum atomic E-state index is 12.9. The Morgan fingerprint density at radius 3 is 2.43 bits per heavy atom. The van der Waals surface area contributed by atoms with Crippen molar-refractivity contribution in [3.63, 3.8) is 0 Å². The van der Waals surface area contributed by atoms with Crippen molar-refractivity contribution in [1.82, 2.24) is 18.7 Å². The van der Waals surface area contributed by atoms with Crippen molar-refractivity contribution in [3.05, 3.63) is 62.6 Å². The van der Waals surface area contributed by atoms with Crippen LogP contribution in [0, 0.1) is 0 Å². The highest BCUT2D eigenvalue weighted by molar-refractivity contribution is 5.71. The molecule has 1 aliphatic heterocycles. The first-order valence-electron chi connectivity index (χ1n) is 10.1. The number of imidazole rings is 1. The first-order chi connectivity index (χ1) is 13.6. The number of quaternary nitrogens is 1. The van der Waals surface area contributed by atoms with E-state index in [0.29, 0.717) is 17.7 Å². The van der Waals surface area contributed by atoms with Gasteiger partial charge in [0, 0.05) is 20.6 Å². The third-order valence-electron chi connectivity index (χ3n) is 5.86. The zero-order valence-electron chi connectivity index (χ0n) is 16.6. The van der Waals surface area contributed by atoms with E-state index >= 15 is 0 Å². The van der Waals surface area contributed by atoms with Gasteiger partial charge in [0.25, 0.3) is 5.56 Å². The van der Waals surface area contributed by atoms with Crippen molar-refractivity contribution in [2.75, 3.05) is 13.1 Å². The smallest absolute Gasteiger partial charge is 0.329 e. The molecule has 0 amide bonds. The fourth-order valence-electron chi connectivity index (χ4n) is 4.21. The summed E-state index contributed by atoms with van der Waals surface area (Å²) in [6.07, 6.45) is 4.59. The molecule has 1 N–H and O–H groups in total. The molecular formula is C21H28N5O2+. The van der Waals surface area contributed by atoms with Gasteiger partial charge in [0.05, 0.1) is 13.1 Å². The highest BCUT2D eigenvalue weighted by Gasteiger charge is 2.23. The van der Waals surface area contributed by atoms with E-state index in [0.717, 1.165) is 31.9 Å². The number of aromatic nitrogens is 4. The quantitative estimate of drug-likeness (QED) is 0.688. The van der Waals surface area contributed by atoms with Crippen molar-refractivity contribution >= 4 is 11.2 Å². The van der Waals surface area contributed by atoms with Crippen LogP contribution in [0.5, 0.6) is 0 Å². The molecule has 4 rings (SSSR count). The maximum Gasteiger partial charge on any atom is 0.332 e. The summed E-state index contributed by atoms with van der Waals surface area (Å²) in [5.74, 6) is 0.904. The molecule has 0 aliphatic carbocycles. The second-order valence-electron chi connectivity index (χ2n) is 7.78. The zero-order valence-corrected chi connectivity index (χ0v) is 16.6. The zero-order chi connectivity index (χ0) is 19.7. The molecule has 28 heavy (non-hydrogen) atoms. The predicted molar refractivity (Wildman–Crippen MR) is 109 cm³/mol. The van der Waals surface area contributed by atoms with E-state index in [9.17, 15) is 9.59 Å². The molecule has 1 fully saturated rings. The largest absolute Gasteiger partial charge is 0.332 e. The lowest BCUT2D eigenvalue weighted by molar-refractivity contribution is -0.919. The Balaban J connectivity index is 1.79. The molecule has 1 aromatic carbocycles. The van der Waals surface area contributed by atoms with Crippen LogP contribution >= 0.6 is 0 Å². The van der Waals surface area contributed by atoms with Gasteiger partial charge in [-0.25, -0.2) is 9.78 Å². The Morgan fingerprint density at radius 1 is 1.00 bits per heavy atom. The summed E-state index contributed by atoms with van der Waals surface area (Å²) in [5, 5.41) is 0. The molecule has 0 bridgehead atoms. The molecule has 0 radical (unpaired) electrons. The van der Waals surface area contributed by atoms with Gasteiger partial charge < -0.3 is 9.47 Å². The molecule has 3 heterocycles. The van der Waals surface area contributed by atoms with Crippen molar-refractivity contribution in [2.24, 2.45) is 14.1 Å². The van der Waals surface area contributed by atoms with E-state index in [1.54, 1.807) is 7.05 Å². The van der Waals surface area contributed by atoms with Gasteiger partial charge in [0.15, 0.2) is 17.0 Å². The Morgan fingerprint density at radius 2 is 1.71 bits per heavy atom. The number of nitrogens with zero attached hydrogens (tertiary/aromatic N) is 4. The number of rotatable bonds is 5. The van der Waals surface area contributed by atoms with Gasteiger partial charge >= 0.3 is 5.69 Å². The highest BCUT2D eigenvalue weighted by Crippen LogP contribution is 2.13. The number of aryl methyl sites for hydroxylation is 3. The number of hydrogen-bond donors (Lipinski definition) is 1. The third-order valence-corrected chi connectivity index (χ3v) is 5.86. The number of fused-ring (bicyclic) bond motifs is 1. The fourth-order valence-corrected chi connectivity index (χ4v) is 4.21. The van der Waals surface area contributed by atoms with Gasteiger partial charge in [-0.3, -0.25) is 13.9 Å². The minimum Gasteiger partial charge on any atom is -0.329 e. The van der Waals surface area contributed by atoms with Gasteiger partial charge in [-0.2, -0.15) is 0 Å². The number of hydrogen-bond acceptors (Lipinski definition) is 3. The SMILES string of the molecule is Cn1c(=O)c2c(nc(C[NH+]3CCCCC3)n2CCc2ccccc2)n(C)c1=O. The van der Waals surface area contributed by atoms with Crippen LogP contribution < -0.4 is 16.1 Å². The predicted octanol–water partition coefficient (Wildman–Crippen LogP) is 0.245. The summed E-state index contributed by atoms with van der Waals surface area (Å²) in [5.41, 5.74) is 1.66.